The van der Waals surface area contributed by atoms with Crippen molar-refractivity contribution in [3.8, 4) is 11.5 Å². The van der Waals surface area contributed by atoms with Gasteiger partial charge in [0, 0.05) is 0 Å². The minimum atomic E-state index is -0.609. The number of hydrazone groups is 1. The van der Waals surface area contributed by atoms with Crippen molar-refractivity contribution >= 4 is 46.9 Å². The molecule has 0 aliphatic heterocycles. The Morgan fingerprint density at radius 1 is 1.23 bits per heavy atom. The number of nitrogens with zero attached hydrogens (tertiary/aromatic N) is 1. The van der Waals surface area contributed by atoms with Crippen LogP contribution in [-0.4, -0.2) is 30.2 Å². The summed E-state index contributed by atoms with van der Waals surface area (Å²) in [7, 11) is 1.42. The lowest BCUT2D eigenvalue weighted by molar-refractivity contribution is -0.126. The van der Waals surface area contributed by atoms with Gasteiger partial charge < -0.3 is 15.2 Å². The van der Waals surface area contributed by atoms with E-state index in [1.165, 1.54) is 19.4 Å². The molecule has 0 fully saturated rings. The summed E-state index contributed by atoms with van der Waals surface area (Å²) in [6.45, 7) is 0. The topological polar surface area (TPSA) is 100 Å². The van der Waals surface area contributed by atoms with Gasteiger partial charge >= 0.3 is 0 Å². The van der Waals surface area contributed by atoms with E-state index in [1.807, 2.05) is 0 Å². The smallest absolute Gasteiger partial charge is 0.249 e. The van der Waals surface area contributed by atoms with Gasteiger partial charge in [-0.1, -0.05) is 29.3 Å². The van der Waals surface area contributed by atoms with Crippen molar-refractivity contribution in [2.45, 2.75) is 6.42 Å². The van der Waals surface area contributed by atoms with Gasteiger partial charge in [-0.25, -0.2) is 5.43 Å². The molecule has 9 heteroatoms. The van der Waals surface area contributed by atoms with E-state index in [-0.39, 0.29) is 16.5 Å². The van der Waals surface area contributed by atoms with Crippen LogP contribution >= 0.6 is 23.2 Å². The number of hydrogen-bond acceptors (Lipinski definition) is 5. The van der Waals surface area contributed by atoms with Crippen LogP contribution in [0.3, 0.4) is 0 Å². The molecule has 26 heavy (non-hydrogen) atoms. The Bertz CT molecular complexity index is 856. The van der Waals surface area contributed by atoms with E-state index in [0.29, 0.717) is 16.3 Å². The maximum absolute atomic E-state index is 11.9. The first-order valence-corrected chi connectivity index (χ1v) is 8.09. The summed E-state index contributed by atoms with van der Waals surface area (Å²) in [5.41, 5.74) is 3.14. The maximum atomic E-state index is 11.9. The number of nitrogens with one attached hydrogen (secondary N) is 2. The molecule has 136 valence electrons. The zero-order chi connectivity index (χ0) is 19.1. The van der Waals surface area contributed by atoms with Gasteiger partial charge in [-0.15, -0.1) is 0 Å². The normalized spacial score (nSPS) is 10.6. The molecule has 0 aliphatic rings. The van der Waals surface area contributed by atoms with E-state index >= 15 is 0 Å². The van der Waals surface area contributed by atoms with Crippen LogP contribution in [0, 0.1) is 0 Å². The molecule has 2 amide bonds. The molecule has 0 saturated heterocycles. The lowest BCUT2D eigenvalue weighted by Crippen LogP contribution is -2.24. The minimum Gasteiger partial charge on any atom is -0.504 e. The summed E-state index contributed by atoms with van der Waals surface area (Å²) in [5, 5.41) is 16.2. The standard InChI is InChI=1S/C17H15Cl2N3O4/c1-26-14-7-10(5-6-13(14)23)9-20-22-16(25)8-15(24)21-12-4-2-3-11(18)17(12)19/h2-7,9,23H,8H2,1H3,(H,21,24)(H,22,25)/b20-9+. The number of amides is 2. The molecule has 2 aromatic rings. The second-order valence-electron chi connectivity index (χ2n) is 5.05. The highest BCUT2D eigenvalue weighted by atomic mass is 35.5. The molecule has 0 unspecified atom stereocenters. The Morgan fingerprint density at radius 2 is 2.00 bits per heavy atom. The molecule has 2 rings (SSSR count). The summed E-state index contributed by atoms with van der Waals surface area (Å²) in [5.74, 6) is -0.904. The Hall–Kier alpha value is -2.77. The van der Waals surface area contributed by atoms with E-state index in [4.69, 9.17) is 27.9 Å². The maximum Gasteiger partial charge on any atom is 0.249 e. The highest BCUT2D eigenvalue weighted by Gasteiger charge is 2.12. The first kappa shape index (κ1) is 19.6. The number of aromatic hydroxyl groups is 1. The molecule has 0 aromatic heterocycles. The van der Waals surface area contributed by atoms with Gasteiger partial charge in [-0.2, -0.15) is 5.10 Å². The average Bonchev–Trinajstić information content (AvgIpc) is 2.60. The third-order valence-corrected chi connectivity index (χ3v) is 3.97. The van der Waals surface area contributed by atoms with Crippen molar-refractivity contribution in [2.75, 3.05) is 12.4 Å². The molecule has 0 radical (unpaired) electrons. The van der Waals surface area contributed by atoms with Crippen LogP contribution < -0.4 is 15.5 Å². The number of hydrogen-bond donors (Lipinski definition) is 3. The summed E-state index contributed by atoms with van der Waals surface area (Å²) >= 11 is 11.8. The zero-order valence-electron chi connectivity index (χ0n) is 13.6. The number of ether oxygens (including phenoxy) is 1. The van der Waals surface area contributed by atoms with E-state index in [9.17, 15) is 14.7 Å². The Labute approximate surface area is 159 Å². The number of phenols is 1. The summed E-state index contributed by atoms with van der Waals surface area (Å²) < 4.78 is 4.97. The molecule has 0 bridgehead atoms. The summed E-state index contributed by atoms with van der Waals surface area (Å²) in [4.78, 5) is 23.6. The number of benzene rings is 2. The van der Waals surface area contributed by atoms with Crippen molar-refractivity contribution in [3.63, 3.8) is 0 Å². The fourth-order valence-electron chi connectivity index (χ4n) is 1.93. The first-order valence-electron chi connectivity index (χ1n) is 7.33. The van der Waals surface area contributed by atoms with Crippen molar-refractivity contribution in [3.05, 3.63) is 52.0 Å². The highest BCUT2D eigenvalue weighted by molar-refractivity contribution is 6.44. The Balaban J connectivity index is 1.88. The van der Waals surface area contributed by atoms with Gasteiger partial charge in [-0.3, -0.25) is 9.59 Å². The first-order chi connectivity index (χ1) is 12.4. The lowest BCUT2D eigenvalue weighted by atomic mass is 10.2. The van der Waals surface area contributed by atoms with E-state index < -0.39 is 18.2 Å². The molecule has 0 aliphatic carbocycles. The lowest BCUT2D eigenvalue weighted by Gasteiger charge is -2.07. The Morgan fingerprint density at radius 3 is 2.73 bits per heavy atom. The van der Waals surface area contributed by atoms with Gasteiger partial charge in [0.25, 0.3) is 0 Å². The Kier molecular flexibility index (Phi) is 6.82. The second-order valence-corrected chi connectivity index (χ2v) is 5.84. The fourth-order valence-corrected chi connectivity index (χ4v) is 2.28. The summed E-state index contributed by atoms with van der Waals surface area (Å²) in [6, 6.07) is 9.34. The van der Waals surface area contributed by atoms with Gasteiger partial charge in [0.2, 0.25) is 11.8 Å². The van der Waals surface area contributed by atoms with Crippen LogP contribution in [0.2, 0.25) is 10.0 Å². The van der Waals surface area contributed by atoms with Crippen LogP contribution in [0.1, 0.15) is 12.0 Å². The van der Waals surface area contributed by atoms with Crippen LogP contribution in [0.25, 0.3) is 0 Å². The van der Waals surface area contributed by atoms with Gasteiger partial charge in [0.15, 0.2) is 11.5 Å². The predicted molar refractivity (Wildman–Crippen MR) is 100 cm³/mol. The van der Waals surface area contributed by atoms with Gasteiger partial charge in [0.05, 0.1) is 29.1 Å². The van der Waals surface area contributed by atoms with Gasteiger partial charge in [0.1, 0.15) is 6.42 Å². The minimum absolute atomic E-state index is 0.00923. The number of phenolic OH excluding ortho intramolecular Hbond substituents is 1. The van der Waals surface area contributed by atoms with Crippen LogP contribution in [0.4, 0.5) is 5.69 Å². The molecule has 0 atom stereocenters. The molecule has 0 spiro atoms. The third kappa shape index (κ3) is 5.37. The predicted octanol–water partition coefficient (Wildman–Crippen LogP) is 3.19. The van der Waals surface area contributed by atoms with Gasteiger partial charge in [-0.05, 0) is 35.9 Å². The average molecular weight is 396 g/mol. The number of halogens is 2. The molecular weight excluding hydrogens is 381 g/mol. The number of carbonyl (C=O) groups excluding carboxylic acids is 2. The largest absolute Gasteiger partial charge is 0.504 e. The molecule has 0 heterocycles. The number of methoxy groups -OCH3 is 1. The summed E-state index contributed by atoms with van der Waals surface area (Å²) in [6.07, 6.45) is 0.907. The monoisotopic (exact) mass is 395 g/mol. The molecule has 7 nitrogen and oxygen atoms in total. The van der Waals surface area contributed by atoms with Crippen LogP contribution in [0.5, 0.6) is 11.5 Å². The van der Waals surface area contributed by atoms with Crippen molar-refractivity contribution < 1.29 is 19.4 Å². The van der Waals surface area contributed by atoms with E-state index in [2.05, 4.69) is 15.8 Å². The van der Waals surface area contributed by atoms with Crippen LogP contribution in [0.15, 0.2) is 41.5 Å². The second kappa shape index (κ2) is 9.07. The van der Waals surface area contributed by atoms with Crippen molar-refractivity contribution in [1.82, 2.24) is 5.43 Å². The number of carbonyl (C=O) groups is 2. The zero-order valence-corrected chi connectivity index (χ0v) is 15.1. The third-order valence-electron chi connectivity index (χ3n) is 3.15. The quantitative estimate of drug-likeness (QED) is 0.397. The van der Waals surface area contributed by atoms with Crippen molar-refractivity contribution in [1.29, 1.82) is 0 Å². The van der Waals surface area contributed by atoms with E-state index in [0.717, 1.165) is 0 Å². The van der Waals surface area contributed by atoms with E-state index in [1.54, 1.807) is 30.3 Å². The molecule has 0 saturated carbocycles. The molecular formula is C17H15Cl2N3O4. The molecule has 3 N–H and O–H groups in total. The highest BCUT2D eigenvalue weighted by Crippen LogP contribution is 2.29. The fraction of sp³-hybridized carbons (Fsp3) is 0.118. The van der Waals surface area contributed by atoms with Crippen LogP contribution in [-0.2, 0) is 9.59 Å². The SMILES string of the molecule is COc1cc(/C=N/NC(=O)CC(=O)Nc2cccc(Cl)c2Cl)ccc1O. The number of anilines is 1. The molecule has 2 aromatic carbocycles. The van der Waals surface area contributed by atoms with Crippen molar-refractivity contribution in [2.24, 2.45) is 5.10 Å². The number of rotatable bonds is 6.